The first kappa shape index (κ1) is 19.8. The Kier molecular flexibility index (Phi) is 6.12. The summed E-state index contributed by atoms with van der Waals surface area (Å²) in [6.45, 7) is 3.08. The number of aryl methyl sites for hydroxylation is 1. The van der Waals surface area contributed by atoms with Gasteiger partial charge in [0.25, 0.3) is 5.91 Å². The number of benzene rings is 1. The molecule has 27 heavy (non-hydrogen) atoms. The molecule has 3 nitrogen and oxygen atoms in total. The third kappa shape index (κ3) is 4.47. The van der Waals surface area contributed by atoms with Crippen molar-refractivity contribution in [2.24, 2.45) is 5.92 Å². The first-order valence-electron chi connectivity index (χ1n) is 9.89. The number of hydrogen-bond acceptors (Lipinski definition) is 1. The average molecular weight is 380 g/mol. The lowest BCUT2D eigenvalue weighted by molar-refractivity contribution is -0.136. The summed E-state index contributed by atoms with van der Waals surface area (Å²) in [6, 6.07) is 4.12. The number of rotatable bonds is 5. The first-order valence-corrected chi connectivity index (χ1v) is 9.89. The Morgan fingerprint density at radius 2 is 1.89 bits per heavy atom. The molecule has 1 heterocycles. The van der Waals surface area contributed by atoms with Crippen molar-refractivity contribution in [1.82, 2.24) is 9.88 Å². The molecule has 1 amide bonds. The second-order valence-corrected chi connectivity index (χ2v) is 7.50. The van der Waals surface area contributed by atoms with Crippen molar-refractivity contribution in [3.05, 3.63) is 35.5 Å². The zero-order valence-electron chi connectivity index (χ0n) is 15.7. The number of aromatic nitrogens is 1. The van der Waals surface area contributed by atoms with E-state index in [1.807, 2.05) is 6.92 Å². The van der Waals surface area contributed by atoms with Crippen molar-refractivity contribution in [1.29, 1.82) is 0 Å². The van der Waals surface area contributed by atoms with Gasteiger partial charge in [0.15, 0.2) is 0 Å². The van der Waals surface area contributed by atoms with Gasteiger partial charge in [0.05, 0.1) is 11.1 Å². The van der Waals surface area contributed by atoms with Crippen molar-refractivity contribution in [3.8, 4) is 0 Å². The Balaban J connectivity index is 1.91. The van der Waals surface area contributed by atoms with Crippen LogP contribution in [0, 0.1) is 5.92 Å². The molecule has 2 aromatic rings. The molecule has 1 aliphatic rings. The van der Waals surface area contributed by atoms with Crippen LogP contribution in [0.4, 0.5) is 13.2 Å². The Morgan fingerprint density at radius 1 is 1.19 bits per heavy atom. The molecule has 1 aromatic carbocycles. The van der Waals surface area contributed by atoms with E-state index in [0.717, 1.165) is 38.2 Å². The third-order valence-corrected chi connectivity index (χ3v) is 5.45. The molecule has 1 aromatic heterocycles. The minimum atomic E-state index is -4.49. The summed E-state index contributed by atoms with van der Waals surface area (Å²) >= 11 is 0. The molecule has 0 saturated heterocycles. The van der Waals surface area contributed by atoms with Gasteiger partial charge in [-0.1, -0.05) is 38.7 Å². The van der Waals surface area contributed by atoms with Crippen LogP contribution in [0.15, 0.2) is 24.4 Å². The van der Waals surface area contributed by atoms with E-state index in [2.05, 4.69) is 5.32 Å². The second-order valence-electron chi connectivity index (χ2n) is 7.50. The quantitative estimate of drug-likeness (QED) is 0.657. The van der Waals surface area contributed by atoms with Gasteiger partial charge in [-0.2, -0.15) is 13.2 Å². The highest BCUT2D eigenvalue weighted by atomic mass is 19.4. The number of nitrogens with zero attached hydrogens (tertiary/aromatic N) is 1. The molecular weight excluding hydrogens is 353 g/mol. The van der Waals surface area contributed by atoms with E-state index in [4.69, 9.17) is 0 Å². The summed E-state index contributed by atoms with van der Waals surface area (Å²) in [5.41, 5.74) is -0.152. The van der Waals surface area contributed by atoms with E-state index in [1.165, 1.54) is 18.9 Å². The Bertz CT molecular complexity index is 787. The highest BCUT2D eigenvalue weighted by Gasteiger charge is 2.35. The molecule has 0 unspecified atom stereocenters. The van der Waals surface area contributed by atoms with Gasteiger partial charge >= 0.3 is 6.18 Å². The molecule has 0 aliphatic heterocycles. The van der Waals surface area contributed by atoms with E-state index in [1.54, 1.807) is 16.8 Å². The molecule has 0 bridgehead atoms. The van der Waals surface area contributed by atoms with Crippen LogP contribution < -0.4 is 5.32 Å². The molecule has 148 valence electrons. The lowest BCUT2D eigenvalue weighted by Crippen LogP contribution is -2.29. The summed E-state index contributed by atoms with van der Waals surface area (Å²) in [6.07, 6.45) is 4.79. The maximum absolute atomic E-state index is 13.5. The summed E-state index contributed by atoms with van der Waals surface area (Å²) in [5, 5.41) is 2.91. The van der Waals surface area contributed by atoms with Crippen LogP contribution in [0.25, 0.3) is 10.9 Å². The number of nitrogens with one attached hydrogen (secondary N) is 1. The van der Waals surface area contributed by atoms with Gasteiger partial charge in [-0.3, -0.25) is 4.79 Å². The van der Waals surface area contributed by atoms with Crippen molar-refractivity contribution in [2.75, 3.05) is 6.54 Å². The monoisotopic (exact) mass is 380 g/mol. The van der Waals surface area contributed by atoms with Gasteiger partial charge < -0.3 is 9.88 Å². The maximum Gasteiger partial charge on any atom is 0.417 e. The molecule has 0 atom stereocenters. The number of carbonyl (C=O) groups excluding carboxylic acids is 1. The van der Waals surface area contributed by atoms with Crippen LogP contribution in [0.2, 0.25) is 0 Å². The van der Waals surface area contributed by atoms with Crippen LogP contribution in [0.1, 0.15) is 67.8 Å². The van der Waals surface area contributed by atoms with Gasteiger partial charge in [-0.15, -0.1) is 0 Å². The van der Waals surface area contributed by atoms with Crippen LogP contribution in [-0.2, 0) is 12.7 Å². The zero-order valence-corrected chi connectivity index (χ0v) is 15.7. The SMILES string of the molecule is CCCn1cc(C(=O)NCC2CCCCCC2)c2c(C(F)(F)F)cccc21. The molecule has 1 fully saturated rings. The fourth-order valence-corrected chi connectivity index (χ4v) is 4.09. The predicted molar refractivity (Wildman–Crippen MR) is 101 cm³/mol. The van der Waals surface area contributed by atoms with E-state index >= 15 is 0 Å². The number of fused-ring (bicyclic) bond motifs is 1. The highest BCUT2D eigenvalue weighted by molar-refractivity contribution is 6.08. The molecule has 6 heteroatoms. The largest absolute Gasteiger partial charge is 0.417 e. The molecule has 1 N–H and O–H groups in total. The van der Waals surface area contributed by atoms with Gasteiger partial charge in [0.1, 0.15) is 0 Å². The minimum absolute atomic E-state index is 0.0109. The first-order chi connectivity index (χ1) is 12.9. The topological polar surface area (TPSA) is 34.0 Å². The molecule has 3 rings (SSSR count). The fraction of sp³-hybridized carbons (Fsp3) is 0.571. The zero-order chi connectivity index (χ0) is 19.4. The molecular formula is C21H27F3N2O. The third-order valence-electron chi connectivity index (χ3n) is 5.45. The number of hydrogen-bond donors (Lipinski definition) is 1. The van der Waals surface area contributed by atoms with Gasteiger partial charge in [-0.05, 0) is 37.3 Å². The maximum atomic E-state index is 13.5. The standard InChI is InChI=1S/C21H27F3N2O/c1-2-12-26-14-16(19-17(21(22,23)24)10-7-11-18(19)26)20(27)25-13-15-8-5-3-4-6-9-15/h7,10-11,14-15H,2-6,8-9,12-13H2,1H3,(H,25,27). The summed E-state index contributed by atoms with van der Waals surface area (Å²) in [4.78, 5) is 12.8. The van der Waals surface area contributed by atoms with Gasteiger partial charge in [-0.25, -0.2) is 0 Å². The van der Waals surface area contributed by atoms with Crippen molar-refractivity contribution < 1.29 is 18.0 Å². The van der Waals surface area contributed by atoms with Crippen molar-refractivity contribution in [2.45, 2.75) is 64.6 Å². The molecule has 0 spiro atoms. The molecule has 1 aliphatic carbocycles. The van der Waals surface area contributed by atoms with Gasteiger partial charge in [0, 0.05) is 30.2 Å². The number of carbonyl (C=O) groups is 1. The van der Waals surface area contributed by atoms with E-state index in [9.17, 15) is 18.0 Å². The second kappa shape index (κ2) is 8.36. The smallest absolute Gasteiger partial charge is 0.352 e. The normalized spacial score (nSPS) is 16.4. The van der Waals surface area contributed by atoms with E-state index < -0.39 is 17.6 Å². The number of halogens is 3. The number of alkyl halides is 3. The fourth-order valence-electron chi connectivity index (χ4n) is 4.09. The van der Waals surface area contributed by atoms with E-state index in [0.29, 0.717) is 24.5 Å². The van der Waals surface area contributed by atoms with Crippen LogP contribution in [0.5, 0.6) is 0 Å². The minimum Gasteiger partial charge on any atom is -0.352 e. The Hall–Kier alpha value is -1.98. The highest BCUT2D eigenvalue weighted by Crippen LogP contribution is 2.37. The van der Waals surface area contributed by atoms with Crippen molar-refractivity contribution in [3.63, 3.8) is 0 Å². The lowest BCUT2D eigenvalue weighted by Gasteiger charge is -2.15. The number of amides is 1. The van der Waals surface area contributed by atoms with E-state index in [-0.39, 0.29) is 10.9 Å². The summed E-state index contributed by atoms with van der Waals surface area (Å²) < 4.78 is 42.4. The Morgan fingerprint density at radius 3 is 2.52 bits per heavy atom. The molecule has 0 radical (unpaired) electrons. The average Bonchev–Trinajstić information content (AvgIpc) is 2.80. The van der Waals surface area contributed by atoms with Crippen molar-refractivity contribution >= 4 is 16.8 Å². The van der Waals surface area contributed by atoms with Crippen LogP contribution >= 0.6 is 0 Å². The summed E-state index contributed by atoms with van der Waals surface area (Å²) in [5.74, 6) is 0.0123. The van der Waals surface area contributed by atoms with Gasteiger partial charge in [0.2, 0.25) is 0 Å². The Labute approximate surface area is 157 Å². The lowest BCUT2D eigenvalue weighted by atomic mass is 10.00. The summed E-state index contributed by atoms with van der Waals surface area (Å²) in [7, 11) is 0. The predicted octanol–water partition coefficient (Wildman–Crippen LogP) is 5.77. The molecule has 1 saturated carbocycles. The van der Waals surface area contributed by atoms with Crippen LogP contribution in [-0.4, -0.2) is 17.0 Å². The van der Waals surface area contributed by atoms with Crippen LogP contribution in [0.3, 0.4) is 0 Å².